The number of pyridine rings is 1. The lowest BCUT2D eigenvalue weighted by Crippen LogP contribution is -2.14. The van der Waals surface area contributed by atoms with Gasteiger partial charge in [-0.05, 0) is 32.0 Å². The molecule has 23 heavy (non-hydrogen) atoms. The molecular formula is C15H16F3N3O2. The monoisotopic (exact) mass is 327 g/mol. The number of hydrogen-bond donors (Lipinski definition) is 3. The molecule has 124 valence electrons. The van der Waals surface area contributed by atoms with Crippen LogP contribution in [0.15, 0.2) is 29.1 Å². The van der Waals surface area contributed by atoms with Gasteiger partial charge in [0.15, 0.2) is 0 Å². The van der Waals surface area contributed by atoms with Crippen LogP contribution in [0.1, 0.15) is 26.3 Å². The molecule has 0 spiro atoms. The standard InChI is InChI=1S/C12H9F3N2O2.C3H7N/c1-6(18)16-7-2-3-10-8(4-7)9(12(13,14)15)5-11(19)17-10;1-3(2)4/h2-5H,1H3,(H,16,18)(H,17,19);4H,1-2H3. The van der Waals surface area contributed by atoms with E-state index in [4.69, 9.17) is 5.41 Å². The van der Waals surface area contributed by atoms with Crippen LogP contribution in [0.2, 0.25) is 0 Å². The smallest absolute Gasteiger partial charge is 0.326 e. The molecule has 8 heteroatoms. The van der Waals surface area contributed by atoms with Crippen molar-refractivity contribution in [2.45, 2.75) is 26.9 Å². The van der Waals surface area contributed by atoms with E-state index in [1.54, 1.807) is 13.8 Å². The van der Waals surface area contributed by atoms with Gasteiger partial charge in [0.05, 0.1) is 5.56 Å². The zero-order valence-electron chi connectivity index (χ0n) is 12.8. The molecule has 2 rings (SSSR count). The highest BCUT2D eigenvalue weighted by Crippen LogP contribution is 2.34. The third-order valence-electron chi connectivity index (χ3n) is 2.47. The van der Waals surface area contributed by atoms with Gasteiger partial charge in [-0.2, -0.15) is 13.2 Å². The zero-order chi connectivity index (χ0) is 17.8. The summed E-state index contributed by atoms with van der Waals surface area (Å²) in [5.74, 6) is -0.391. The second kappa shape index (κ2) is 7.08. The summed E-state index contributed by atoms with van der Waals surface area (Å²) in [7, 11) is 0. The molecule has 0 atom stereocenters. The number of hydrogen-bond acceptors (Lipinski definition) is 3. The van der Waals surface area contributed by atoms with E-state index >= 15 is 0 Å². The van der Waals surface area contributed by atoms with Crippen LogP contribution in [0.25, 0.3) is 10.9 Å². The summed E-state index contributed by atoms with van der Waals surface area (Å²) in [6.45, 7) is 4.75. The molecule has 0 aliphatic carbocycles. The summed E-state index contributed by atoms with van der Waals surface area (Å²) < 4.78 is 38.6. The summed E-state index contributed by atoms with van der Waals surface area (Å²) >= 11 is 0. The summed E-state index contributed by atoms with van der Waals surface area (Å²) in [4.78, 5) is 24.4. The number of aromatic amines is 1. The number of H-pyrrole nitrogens is 1. The number of rotatable bonds is 1. The first-order valence-electron chi connectivity index (χ1n) is 6.54. The van der Waals surface area contributed by atoms with Crippen LogP contribution < -0.4 is 10.9 Å². The summed E-state index contributed by atoms with van der Waals surface area (Å²) in [5.41, 5.74) is -0.892. The van der Waals surface area contributed by atoms with Crippen LogP contribution >= 0.6 is 0 Å². The van der Waals surface area contributed by atoms with Gasteiger partial charge < -0.3 is 15.7 Å². The third kappa shape index (κ3) is 5.57. The van der Waals surface area contributed by atoms with Crippen molar-refractivity contribution in [2.24, 2.45) is 0 Å². The highest BCUT2D eigenvalue weighted by Gasteiger charge is 2.33. The van der Waals surface area contributed by atoms with Crippen LogP contribution in [0.3, 0.4) is 0 Å². The number of aromatic nitrogens is 1. The van der Waals surface area contributed by atoms with Gasteiger partial charge in [-0.1, -0.05) is 0 Å². The fourth-order valence-electron chi connectivity index (χ4n) is 1.77. The summed E-state index contributed by atoms with van der Waals surface area (Å²) in [6.07, 6.45) is -4.64. The average Bonchev–Trinajstić information content (AvgIpc) is 2.35. The average molecular weight is 327 g/mol. The van der Waals surface area contributed by atoms with Crippen LogP contribution in [0.5, 0.6) is 0 Å². The molecule has 0 aliphatic rings. The SMILES string of the molecule is CC(=O)Nc1ccc2[nH]c(=O)cc(C(F)(F)F)c2c1.CC(C)=N. The van der Waals surface area contributed by atoms with Crippen molar-refractivity contribution in [1.82, 2.24) is 4.98 Å². The minimum Gasteiger partial charge on any atom is -0.326 e. The van der Waals surface area contributed by atoms with E-state index < -0.39 is 23.2 Å². The fraction of sp³-hybridized carbons (Fsp3) is 0.267. The van der Waals surface area contributed by atoms with Crippen molar-refractivity contribution >= 4 is 28.2 Å². The Labute approximate surface area is 130 Å². The predicted molar refractivity (Wildman–Crippen MR) is 82.9 cm³/mol. The van der Waals surface area contributed by atoms with Gasteiger partial charge in [0.2, 0.25) is 11.5 Å². The lowest BCUT2D eigenvalue weighted by molar-refractivity contribution is -0.136. The van der Waals surface area contributed by atoms with Crippen LogP contribution in [-0.4, -0.2) is 16.6 Å². The lowest BCUT2D eigenvalue weighted by atomic mass is 10.1. The Kier molecular flexibility index (Phi) is 5.67. The first-order valence-corrected chi connectivity index (χ1v) is 6.54. The van der Waals surface area contributed by atoms with Crippen molar-refractivity contribution in [3.63, 3.8) is 0 Å². The van der Waals surface area contributed by atoms with Gasteiger partial charge in [-0.3, -0.25) is 9.59 Å². The maximum absolute atomic E-state index is 12.9. The van der Waals surface area contributed by atoms with Crippen molar-refractivity contribution in [3.05, 3.63) is 40.2 Å². The van der Waals surface area contributed by atoms with Gasteiger partial charge in [-0.25, -0.2) is 0 Å². The fourth-order valence-corrected chi connectivity index (χ4v) is 1.77. The van der Waals surface area contributed by atoms with Gasteiger partial charge in [0.25, 0.3) is 0 Å². The Morgan fingerprint density at radius 1 is 1.17 bits per heavy atom. The van der Waals surface area contributed by atoms with Crippen LogP contribution in [-0.2, 0) is 11.0 Å². The van der Waals surface area contributed by atoms with E-state index in [0.717, 1.165) is 0 Å². The largest absolute Gasteiger partial charge is 0.417 e. The Balaban J connectivity index is 0.000000593. The van der Waals surface area contributed by atoms with E-state index in [1.807, 2.05) is 0 Å². The maximum atomic E-state index is 12.9. The number of anilines is 1. The van der Waals surface area contributed by atoms with Crippen LogP contribution in [0, 0.1) is 5.41 Å². The highest BCUT2D eigenvalue weighted by atomic mass is 19.4. The molecular weight excluding hydrogens is 311 g/mol. The van der Waals surface area contributed by atoms with E-state index in [2.05, 4.69) is 10.3 Å². The van der Waals surface area contributed by atoms with E-state index in [1.165, 1.54) is 25.1 Å². The molecule has 0 saturated heterocycles. The van der Waals surface area contributed by atoms with Crippen molar-refractivity contribution in [1.29, 1.82) is 5.41 Å². The molecule has 1 amide bonds. The number of nitrogens with one attached hydrogen (secondary N) is 3. The normalized spacial score (nSPS) is 10.7. The van der Waals surface area contributed by atoms with Crippen molar-refractivity contribution < 1.29 is 18.0 Å². The predicted octanol–water partition coefficient (Wildman–Crippen LogP) is 3.55. The number of benzene rings is 1. The quantitative estimate of drug-likeness (QED) is 0.700. The molecule has 0 radical (unpaired) electrons. The Bertz CT molecular complexity index is 791. The number of carbonyl (C=O) groups is 1. The van der Waals surface area contributed by atoms with Gasteiger partial charge in [0, 0.05) is 35.3 Å². The minimum atomic E-state index is -4.64. The summed E-state index contributed by atoms with van der Waals surface area (Å²) in [5, 5.41) is 8.72. The molecule has 0 saturated carbocycles. The molecule has 2 aromatic rings. The Morgan fingerprint density at radius 3 is 2.22 bits per heavy atom. The zero-order valence-corrected chi connectivity index (χ0v) is 12.8. The van der Waals surface area contributed by atoms with Crippen LogP contribution in [0.4, 0.5) is 18.9 Å². The first kappa shape index (κ1) is 18.4. The number of carbonyl (C=O) groups excluding carboxylic acids is 1. The second-order valence-electron chi connectivity index (χ2n) is 4.99. The molecule has 0 bridgehead atoms. The molecule has 1 aromatic carbocycles. The van der Waals surface area contributed by atoms with E-state index in [0.29, 0.717) is 11.8 Å². The molecule has 0 aliphatic heterocycles. The topological polar surface area (TPSA) is 85.8 Å². The summed E-state index contributed by atoms with van der Waals surface area (Å²) in [6, 6.07) is 4.41. The number of fused-ring (bicyclic) bond motifs is 1. The number of alkyl halides is 3. The molecule has 5 nitrogen and oxygen atoms in total. The minimum absolute atomic E-state index is 0.0638. The number of amides is 1. The molecule has 1 aromatic heterocycles. The van der Waals surface area contributed by atoms with Gasteiger partial charge >= 0.3 is 6.18 Å². The van der Waals surface area contributed by atoms with Gasteiger partial charge in [0.1, 0.15) is 0 Å². The Hall–Kier alpha value is -2.64. The molecule has 0 fully saturated rings. The highest BCUT2D eigenvalue weighted by molar-refractivity contribution is 5.93. The van der Waals surface area contributed by atoms with Crippen molar-refractivity contribution in [3.8, 4) is 0 Å². The Morgan fingerprint density at radius 2 is 1.74 bits per heavy atom. The first-order chi connectivity index (χ1) is 10.5. The lowest BCUT2D eigenvalue weighted by Gasteiger charge is -2.11. The van der Waals surface area contributed by atoms with E-state index in [-0.39, 0.29) is 16.6 Å². The van der Waals surface area contributed by atoms with E-state index in [9.17, 15) is 22.8 Å². The second-order valence-corrected chi connectivity index (χ2v) is 4.99. The number of halogens is 3. The molecule has 1 heterocycles. The maximum Gasteiger partial charge on any atom is 0.417 e. The molecule has 0 unspecified atom stereocenters. The molecule has 3 N–H and O–H groups in total. The van der Waals surface area contributed by atoms with Crippen molar-refractivity contribution in [2.75, 3.05) is 5.32 Å². The third-order valence-corrected chi connectivity index (χ3v) is 2.47. The van der Waals surface area contributed by atoms with Gasteiger partial charge in [-0.15, -0.1) is 0 Å².